The lowest BCUT2D eigenvalue weighted by Crippen LogP contribution is -2.75. The molecule has 0 spiro atoms. The van der Waals surface area contributed by atoms with Gasteiger partial charge in [0.25, 0.3) is 16.6 Å². The molecular formula is C16H57N4O48P16+. The topological polar surface area (TPSA) is 951 Å². The van der Waals surface area contributed by atoms with Gasteiger partial charge in [0.05, 0.1) is 6.61 Å². The third-order valence-electron chi connectivity index (χ3n) is 10.4. The maximum absolute atomic E-state index is 13.9. The summed E-state index contributed by atoms with van der Waals surface area (Å²) in [5.41, 5.74) is -31.3. The maximum atomic E-state index is 13.9. The van der Waals surface area contributed by atoms with Gasteiger partial charge in [0.2, 0.25) is 22.1 Å². The van der Waals surface area contributed by atoms with E-state index in [9.17, 15) is 225 Å². The van der Waals surface area contributed by atoms with Gasteiger partial charge in [-0.05, 0) is 12.8 Å². The summed E-state index contributed by atoms with van der Waals surface area (Å²) >= 11 is 0. The second-order valence-corrected chi connectivity index (χ2v) is 47.2. The Kier molecular flexibility index (Phi) is 29.7. The third kappa shape index (κ3) is 21.6. The van der Waals surface area contributed by atoms with Crippen LogP contribution in [0.1, 0.15) is 32.1 Å². The van der Waals surface area contributed by atoms with Crippen molar-refractivity contribution in [2.45, 2.75) is 75.8 Å². The highest BCUT2D eigenvalue weighted by atomic mass is 31.3. The first-order valence-corrected chi connectivity index (χ1v) is 46.4. The summed E-state index contributed by atoms with van der Waals surface area (Å²) in [6, 6.07) is 0. The standard InChI is InChI=1S/C10H29NO24P8.C6H24N2O24P8.H3N/c12-36(13,14)7(37(15,16)17)11(8(38(18,19)20)39(21,22)23,9(40(24,25)26)41(27,28)29)10(42(30,31)32)5-3-1-2-4-6-35-43(10,33)34;9-33(10,11)3(34(12,13)14)7(4(35(15,16)17)36(18,19)20)1-2-8(5(37(21,22)23)38(24,25)26)6(39(27,28)29)40(30,31)32;/h7-9H,1-6H2,(H14-,12,13,14,15,16,17,18,19,20,21,22,23,24,25,26,27,28,29,30,31,32,33,34);3-6H,1-2H2,(H2,9,10,11)(H2,12,13,14)(H2,15,16,17)(H2,18,19,20)(H2,21,22,23)(H2,24,25,26)(H2,27,28,29)(H2,30,31,32);1H3/p+1. The summed E-state index contributed by atoms with van der Waals surface area (Å²) in [6.07, 6.45) is -4.18. The van der Waals surface area contributed by atoms with Crippen molar-refractivity contribution in [3.05, 3.63) is 0 Å². The van der Waals surface area contributed by atoms with Crippen molar-refractivity contribution in [2.75, 3.05) is 19.7 Å². The van der Waals surface area contributed by atoms with E-state index in [-0.39, 0.29) is 19.0 Å². The van der Waals surface area contributed by atoms with E-state index in [1.807, 2.05) is 0 Å². The van der Waals surface area contributed by atoms with Crippen LogP contribution in [0.5, 0.6) is 0 Å². The van der Waals surface area contributed by atoms with Crippen LogP contribution in [0.25, 0.3) is 0 Å². The van der Waals surface area contributed by atoms with Crippen LogP contribution >= 0.6 is 122 Å². The molecule has 0 aliphatic carbocycles. The SMILES string of the molecule is N.O=P(O)(O)C(N(CCN(C(P(=O)(O)O)P(=O)(O)O)C(P(=O)(O)O)P(=O)(O)O)C(P(=O)(O)O)P(=O)(O)O)P(=O)(O)O.O=P(O)(O)C([N+](C(P(=O)(O)O)P(=O)(O)O)(C(P(=O)(O)O)P(=O)(O)O)C1(P(=O)(O)O)CCCCCCOP1(=O)O)P(=O)(O)O. The highest BCUT2D eigenvalue weighted by Crippen LogP contribution is 2.90. The number of hydrogen-bond donors (Lipinski definition) is 32. The maximum Gasteiger partial charge on any atom is 0.401 e. The largest absolute Gasteiger partial charge is 0.401 e. The number of rotatable bonds is 26. The normalized spacial score (nSPS) is 20.4. The summed E-state index contributed by atoms with van der Waals surface area (Å²) in [7, 11) is -112. The van der Waals surface area contributed by atoms with E-state index in [0.29, 0.717) is 0 Å². The smallest absolute Gasteiger partial charge is 0.344 e. The van der Waals surface area contributed by atoms with E-state index in [1.54, 1.807) is 0 Å². The third-order valence-corrected chi connectivity index (χ3v) is 41.1. The zero-order chi connectivity index (χ0) is 67.6. The van der Waals surface area contributed by atoms with Gasteiger partial charge in [-0.3, -0.25) is 82.8 Å². The van der Waals surface area contributed by atoms with Gasteiger partial charge in [0.1, 0.15) is 0 Å². The average molecular weight is 1570 g/mol. The van der Waals surface area contributed by atoms with Gasteiger partial charge in [-0.1, -0.05) is 12.8 Å². The van der Waals surface area contributed by atoms with Crippen LogP contribution < -0.4 is 6.15 Å². The monoisotopic (exact) mass is 1570 g/mol. The van der Waals surface area contributed by atoms with Crippen LogP contribution in [-0.2, 0) is 77.6 Å². The lowest BCUT2D eigenvalue weighted by molar-refractivity contribution is -0.954. The lowest BCUT2D eigenvalue weighted by Gasteiger charge is -2.60. The molecule has 1 saturated heterocycles. The highest BCUT2D eigenvalue weighted by molar-refractivity contribution is 7.76. The van der Waals surface area contributed by atoms with Gasteiger partial charge in [-0.2, -0.15) is 0 Å². The molecule has 1 rings (SSSR count). The van der Waals surface area contributed by atoms with Crippen molar-refractivity contribution < 1.29 is 234 Å². The van der Waals surface area contributed by atoms with Crippen molar-refractivity contribution in [1.29, 1.82) is 0 Å². The van der Waals surface area contributed by atoms with Gasteiger partial charge in [0, 0.05) is 19.5 Å². The van der Waals surface area contributed by atoms with Crippen molar-refractivity contribution in [2.24, 2.45) is 0 Å². The molecule has 84 heavy (non-hydrogen) atoms. The summed E-state index contributed by atoms with van der Waals surface area (Å²) < 4.78 is 199. The first-order valence-electron chi connectivity index (χ1n) is 19.7. The fourth-order valence-electron chi connectivity index (χ4n) is 8.45. The average Bonchev–Trinajstić information content (AvgIpc) is 3.13. The van der Waals surface area contributed by atoms with Crippen molar-refractivity contribution in [3.63, 3.8) is 0 Å². The molecule has 68 heteroatoms. The Morgan fingerprint density at radius 2 is 0.536 bits per heavy atom. The van der Waals surface area contributed by atoms with E-state index in [1.165, 1.54) is 0 Å². The molecule has 1 aliphatic rings. The molecule has 0 aromatic rings. The van der Waals surface area contributed by atoms with Crippen LogP contribution in [0.4, 0.5) is 0 Å². The van der Waals surface area contributed by atoms with Crippen LogP contribution in [0.2, 0.25) is 0 Å². The molecule has 2 atom stereocenters. The van der Waals surface area contributed by atoms with Gasteiger partial charge in [0.15, 0.2) is 0 Å². The van der Waals surface area contributed by atoms with E-state index in [0.717, 1.165) is 0 Å². The van der Waals surface area contributed by atoms with E-state index in [2.05, 4.69) is 4.52 Å². The molecule has 2 unspecified atom stereocenters. The van der Waals surface area contributed by atoms with E-state index >= 15 is 0 Å². The molecule has 34 N–H and O–H groups in total. The molecule has 0 saturated carbocycles. The predicted octanol–water partition coefficient (Wildman–Crippen LogP) is -4.97. The molecule has 0 aromatic carbocycles. The fourth-order valence-corrected chi connectivity index (χ4v) is 38.0. The first kappa shape index (κ1) is 88.3. The minimum Gasteiger partial charge on any atom is -0.344 e. The number of quaternary nitrogens is 1. The Hall–Kier alpha value is 2.24. The Bertz CT molecular complexity index is 2680. The van der Waals surface area contributed by atoms with Crippen molar-refractivity contribution in [1.82, 2.24) is 16.0 Å². The predicted molar refractivity (Wildman–Crippen MR) is 267 cm³/mol. The van der Waals surface area contributed by atoms with Crippen molar-refractivity contribution >= 4 is 122 Å². The second-order valence-electron chi connectivity index (χ2n) is 16.8. The summed E-state index contributed by atoms with van der Waals surface area (Å²) in [5, 5.41) is -5.36. The summed E-state index contributed by atoms with van der Waals surface area (Å²) in [5.74, 6) is 0. The lowest BCUT2D eigenvalue weighted by atomic mass is 10.1. The minimum absolute atomic E-state index is 0. The minimum atomic E-state index is -7.49. The molecule has 0 aromatic heterocycles. The van der Waals surface area contributed by atoms with Gasteiger partial charge in [-0.25, -0.2) is 4.48 Å². The summed E-state index contributed by atoms with van der Waals surface area (Å²) in [6.45, 7) is -5.71. The van der Waals surface area contributed by atoms with Crippen molar-refractivity contribution in [3.8, 4) is 0 Å². The van der Waals surface area contributed by atoms with Crippen LogP contribution in [0.15, 0.2) is 0 Å². The Morgan fingerprint density at radius 3 is 0.702 bits per heavy atom. The molecule has 1 fully saturated rings. The molecular weight excluding hydrogens is 1510 g/mol. The molecule has 0 amide bonds. The zero-order valence-corrected chi connectivity index (χ0v) is 54.5. The number of nitrogens with zero attached hydrogens (tertiary/aromatic N) is 3. The molecule has 0 radical (unpaired) electrons. The fraction of sp³-hybridized carbons (Fsp3) is 1.00. The quantitative estimate of drug-likeness (QED) is 0.0285. The van der Waals surface area contributed by atoms with E-state index in [4.69, 9.17) is 0 Å². The molecule has 52 nitrogen and oxygen atoms in total. The van der Waals surface area contributed by atoms with Gasteiger partial charge in [-0.15, -0.1) is 0 Å². The Balaban J connectivity index is 0. The second kappa shape index (κ2) is 28.3. The number of hydrogen-bond acceptors (Lipinski definition) is 20. The Labute approximate surface area is 465 Å². The van der Waals surface area contributed by atoms with Crippen LogP contribution in [0, 0.1) is 0 Å². The summed E-state index contributed by atoms with van der Waals surface area (Å²) in [4.78, 5) is 302. The molecule has 0 bridgehead atoms. The van der Waals surface area contributed by atoms with Gasteiger partial charge >= 0.3 is 127 Å². The molecule has 1 heterocycles. The zero-order valence-electron chi connectivity index (χ0n) is 40.2. The van der Waals surface area contributed by atoms with Crippen LogP contribution in [-0.4, -0.2) is 229 Å². The van der Waals surface area contributed by atoms with Crippen LogP contribution in [0.3, 0.4) is 0 Å². The first-order chi connectivity index (χ1) is 35.5. The molecule has 508 valence electrons. The Morgan fingerprint density at radius 1 is 0.345 bits per heavy atom. The van der Waals surface area contributed by atoms with E-state index < -0.39 is 218 Å². The highest BCUT2D eigenvalue weighted by Gasteiger charge is 2.91. The molecule has 1 aliphatic heterocycles. The van der Waals surface area contributed by atoms with Gasteiger partial charge < -0.3 is 162 Å².